The van der Waals surface area contributed by atoms with Gasteiger partial charge in [-0.1, -0.05) is 56.3 Å². The third kappa shape index (κ3) is 6.01. The molecule has 246 valence electrons. The second-order valence-corrected chi connectivity index (χ2v) is 13.8. The number of hydrogen-bond acceptors (Lipinski definition) is 4. The Balaban J connectivity index is 1.22. The van der Waals surface area contributed by atoms with Crippen molar-refractivity contribution in [3.63, 3.8) is 0 Å². The van der Waals surface area contributed by atoms with Crippen LogP contribution in [0.5, 0.6) is 0 Å². The van der Waals surface area contributed by atoms with Crippen molar-refractivity contribution in [1.29, 1.82) is 0 Å². The number of benzene rings is 2. The van der Waals surface area contributed by atoms with E-state index >= 15 is 0 Å². The average Bonchev–Trinajstić information content (AvgIpc) is 3.66. The normalized spacial score (nSPS) is 21.9. The van der Waals surface area contributed by atoms with E-state index < -0.39 is 6.04 Å². The molecule has 0 saturated carbocycles. The smallest absolute Gasteiger partial charge is 0.318 e. The Morgan fingerprint density at radius 3 is 2.54 bits per heavy atom. The van der Waals surface area contributed by atoms with Crippen molar-refractivity contribution >= 4 is 28.7 Å². The topological polar surface area (TPSA) is 101 Å². The zero-order chi connectivity index (χ0) is 32.4. The highest BCUT2D eigenvalue weighted by molar-refractivity contribution is 5.91. The van der Waals surface area contributed by atoms with Crippen LogP contribution in [0.1, 0.15) is 80.9 Å². The number of piperidine rings is 2. The number of para-hydroxylation sites is 1. The first-order valence-electron chi connectivity index (χ1n) is 17.2. The minimum atomic E-state index is -0.715. The molecule has 0 bridgehead atoms. The third-order valence-electron chi connectivity index (χ3n) is 11.1. The number of nitrogens with one attached hydrogen (secondary N) is 3. The summed E-state index contributed by atoms with van der Waals surface area (Å²) < 4.78 is 0. The summed E-state index contributed by atoms with van der Waals surface area (Å²) in [7, 11) is 3.75. The molecule has 3 aromatic rings. The van der Waals surface area contributed by atoms with Gasteiger partial charge in [-0.25, -0.2) is 4.79 Å². The zero-order valence-corrected chi connectivity index (χ0v) is 27.9. The molecular formula is C37H50N6O3. The molecule has 46 heavy (non-hydrogen) atoms. The maximum Gasteiger partial charge on any atom is 0.318 e. The first kappa shape index (κ1) is 32.1. The number of H-pyrrole nitrogens is 1. The Bertz CT molecular complexity index is 1550. The highest BCUT2D eigenvalue weighted by atomic mass is 16.2. The maximum atomic E-state index is 14.5. The number of carbonyl (C=O) groups excluding carboxylic acids is 3. The second-order valence-electron chi connectivity index (χ2n) is 13.8. The lowest BCUT2D eigenvalue weighted by Crippen LogP contribution is -2.58. The summed E-state index contributed by atoms with van der Waals surface area (Å²) in [5.41, 5.74) is 4.32. The van der Waals surface area contributed by atoms with E-state index in [1.807, 2.05) is 61.3 Å². The summed E-state index contributed by atoms with van der Waals surface area (Å²) in [6.45, 7) is 7.80. The van der Waals surface area contributed by atoms with Gasteiger partial charge in [0.2, 0.25) is 11.8 Å². The van der Waals surface area contributed by atoms with Gasteiger partial charge in [-0.2, -0.15) is 0 Å². The van der Waals surface area contributed by atoms with Gasteiger partial charge in [-0.3, -0.25) is 9.59 Å². The number of aromatic nitrogens is 1. The molecule has 1 aliphatic carbocycles. The lowest BCUT2D eigenvalue weighted by molar-refractivity contribution is -0.136. The van der Waals surface area contributed by atoms with Gasteiger partial charge in [0, 0.05) is 74.7 Å². The van der Waals surface area contributed by atoms with Crippen molar-refractivity contribution in [3.8, 4) is 0 Å². The quantitative estimate of drug-likeness (QED) is 0.330. The van der Waals surface area contributed by atoms with Crippen molar-refractivity contribution in [1.82, 2.24) is 30.3 Å². The summed E-state index contributed by atoms with van der Waals surface area (Å²) in [6, 6.07) is 15.7. The lowest BCUT2D eigenvalue weighted by atomic mass is 9.73. The van der Waals surface area contributed by atoms with Crippen LogP contribution in [0.2, 0.25) is 0 Å². The Morgan fingerprint density at radius 2 is 1.80 bits per heavy atom. The number of hydrogen-bond donors (Lipinski definition) is 3. The number of likely N-dealkylation sites (tertiary alicyclic amines) is 1. The van der Waals surface area contributed by atoms with Crippen LogP contribution in [0.4, 0.5) is 4.79 Å². The fraction of sp³-hybridized carbons (Fsp3) is 0.541. The number of likely N-dealkylation sites (N-methyl/N-ethyl adjacent to an activating group) is 2. The van der Waals surface area contributed by atoms with Gasteiger partial charge in [0.1, 0.15) is 6.04 Å². The molecule has 3 unspecified atom stereocenters. The van der Waals surface area contributed by atoms with Crippen LogP contribution < -0.4 is 10.6 Å². The minimum Gasteiger partial charge on any atom is -0.361 e. The molecule has 2 saturated heterocycles. The van der Waals surface area contributed by atoms with Gasteiger partial charge < -0.3 is 30.3 Å². The molecule has 3 aliphatic rings. The number of fused-ring (bicyclic) bond motifs is 3. The van der Waals surface area contributed by atoms with Crippen LogP contribution in [-0.2, 0) is 15.0 Å². The van der Waals surface area contributed by atoms with Crippen LogP contribution in [0.25, 0.3) is 10.9 Å². The highest BCUT2D eigenvalue weighted by Crippen LogP contribution is 2.52. The number of nitrogens with zero attached hydrogens (tertiary/aromatic N) is 3. The molecule has 2 fully saturated rings. The number of rotatable bonds is 8. The van der Waals surface area contributed by atoms with E-state index in [0.717, 1.165) is 80.2 Å². The average molecular weight is 627 g/mol. The van der Waals surface area contributed by atoms with Gasteiger partial charge in [0.05, 0.1) is 5.92 Å². The van der Waals surface area contributed by atoms with Crippen molar-refractivity contribution in [3.05, 3.63) is 71.4 Å². The monoisotopic (exact) mass is 626 g/mol. The summed E-state index contributed by atoms with van der Waals surface area (Å²) in [5, 5.41) is 7.65. The fourth-order valence-corrected chi connectivity index (χ4v) is 8.27. The molecule has 2 aliphatic heterocycles. The second kappa shape index (κ2) is 13.5. The van der Waals surface area contributed by atoms with E-state index in [2.05, 4.69) is 46.8 Å². The maximum absolute atomic E-state index is 14.5. The van der Waals surface area contributed by atoms with Crippen LogP contribution in [0, 0.1) is 0 Å². The van der Waals surface area contributed by atoms with E-state index in [1.165, 1.54) is 5.56 Å². The minimum absolute atomic E-state index is 0.0438. The molecule has 2 aromatic carbocycles. The van der Waals surface area contributed by atoms with E-state index in [9.17, 15) is 14.4 Å². The zero-order valence-electron chi connectivity index (χ0n) is 27.9. The first-order valence-corrected chi connectivity index (χ1v) is 17.2. The van der Waals surface area contributed by atoms with E-state index in [0.29, 0.717) is 13.1 Å². The molecule has 9 heteroatoms. The van der Waals surface area contributed by atoms with E-state index in [4.69, 9.17) is 0 Å². The highest BCUT2D eigenvalue weighted by Gasteiger charge is 2.49. The molecule has 4 atom stereocenters. The lowest BCUT2D eigenvalue weighted by Gasteiger charge is -2.42. The van der Waals surface area contributed by atoms with Gasteiger partial charge in [-0.05, 0) is 67.8 Å². The third-order valence-corrected chi connectivity index (χ3v) is 11.1. The number of urea groups is 1. The van der Waals surface area contributed by atoms with Gasteiger partial charge in [-0.15, -0.1) is 0 Å². The Hall–Kier alpha value is -3.85. The molecule has 0 radical (unpaired) electrons. The molecule has 1 aromatic heterocycles. The van der Waals surface area contributed by atoms with E-state index in [-0.39, 0.29) is 41.1 Å². The van der Waals surface area contributed by atoms with Crippen LogP contribution in [-0.4, -0.2) is 96.4 Å². The van der Waals surface area contributed by atoms with Gasteiger partial charge >= 0.3 is 6.03 Å². The van der Waals surface area contributed by atoms with Crippen LogP contribution >= 0.6 is 0 Å². The summed E-state index contributed by atoms with van der Waals surface area (Å²) in [4.78, 5) is 50.7. The molecule has 1 spiro atoms. The summed E-state index contributed by atoms with van der Waals surface area (Å²) >= 11 is 0. The Kier molecular flexibility index (Phi) is 9.41. The summed E-state index contributed by atoms with van der Waals surface area (Å²) in [5.74, 6) is -0.242. The number of amides is 4. The predicted octanol–water partition coefficient (Wildman–Crippen LogP) is 4.95. The molecule has 4 amide bonds. The molecular weight excluding hydrogens is 576 g/mol. The fourth-order valence-electron chi connectivity index (χ4n) is 8.27. The van der Waals surface area contributed by atoms with Crippen LogP contribution in [0.15, 0.2) is 54.7 Å². The standard InChI is InChI=1S/C37H50N6O3/c1-5-19-41(3)34(44)29-22-37(31-14-8-6-12-27(29)31)16-20-43(21-17-37)35(45)33(40-36(46)42(4)26-11-10-18-38-23-26)25(2)30-24-39-32-15-9-7-13-28(30)32/h6-9,12-15,24-26,29,33,38-39H,5,10-11,16-23H2,1-4H3,(H,40,46)/t25?,26?,29-,33?/m1/s1. The number of aromatic amines is 1. The van der Waals surface area contributed by atoms with Crippen molar-refractivity contribution in [2.45, 2.75) is 81.7 Å². The Morgan fingerprint density at radius 1 is 1.07 bits per heavy atom. The predicted molar refractivity (Wildman–Crippen MR) is 182 cm³/mol. The van der Waals surface area contributed by atoms with Crippen molar-refractivity contribution in [2.75, 3.05) is 46.8 Å². The van der Waals surface area contributed by atoms with E-state index in [1.54, 1.807) is 4.90 Å². The van der Waals surface area contributed by atoms with Gasteiger partial charge in [0.15, 0.2) is 0 Å². The summed E-state index contributed by atoms with van der Waals surface area (Å²) in [6.07, 6.45) is 7.26. The molecule has 9 nitrogen and oxygen atoms in total. The molecule has 6 rings (SSSR count). The SMILES string of the molecule is CCCN(C)C(=O)[C@@H]1CC2(CCN(C(=O)C(NC(=O)N(C)C3CCCNC3)C(C)c3c[nH]c4ccccc34)CC2)c2ccccc21. The van der Waals surface area contributed by atoms with Crippen LogP contribution in [0.3, 0.4) is 0 Å². The van der Waals surface area contributed by atoms with Crippen molar-refractivity contribution < 1.29 is 14.4 Å². The van der Waals surface area contributed by atoms with Gasteiger partial charge in [0.25, 0.3) is 0 Å². The molecule has 3 heterocycles. The van der Waals surface area contributed by atoms with Crippen molar-refractivity contribution in [2.24, 2.45) is 0 Å². The Labute approximate surface area is 273 Å². The first-order chi connectivity index (χ1) is 22.2. The molecule has 3 N–H and O–H groups in total. The largest absolute Gasteiger partial charge is 0.361 e. The number of carbonyl (C=O) groups is 3.